The van der Waals surface area contributed by atoms with Gasteiger partial charge in [-0.1, -0.05) is 50.1 Å². The Labute approximate surface area is 202 Å². The van der Waals surface area contributed by atoms with Crippen molar-refractivity contribution in [1.82, 2.24) is 28.4 Å². The van der Waals surface area contributed by atoms with Crippen LogP contribution in [0.25, 0.3) is 28.2 Å². The van der Waals surface area contributed by atoms with Gasteiger partial charge in [0.15, 0.2) is 11.2 Å². The minimum atomic E-state index is -0.441. The molecule has 0 unspecified atom stereocenters. The van der Waals surface area contributed by atoms with Crippen LogP contribution in [0.4, 0.5) is 0 Å². The quantitative estimate of drug-likeness (QED) is 0.425. The fourth-order valence-corrected chi connectivity index (χ4v) is 4.89. The van der Waals surface area contributed by atoms with Crippen molar-refractivity contribution in [3.05, 3.63) is 56.9 Å². The summed E-state index contributed by atoms with van der Waals surface area (Å²) in [6, 6.07) is 10.4. The summed E-state index contributed by atoms with van der Waals surface area (Å²) in [5, 5.41) is 0. The lowest BCUT2D eigenvalue weighted by Gasteiger charge is -2.26. The predicted molar refractivity (Wildman–Crippen MR) is 136 cm³/mol. The number of piperidine rings is 1. The molecule has 0 aliphatic carbocycles. The van der Waals surface area contributed by atoms with Crippen LogP contribution in [0, 0.1) is 0 Å². The first-order valence-corrected chi connectivity index (χ1v) is 11.6. The lowest BCUT2D eigenvalue weighted by molar-refractivity contribution is 0.218. The molecule has 9 heteroatoms. The molecule has 1 aliphatic heterocycles. The van der Waals surface area contributed by atoms with Crippen LogP contribution < -0.4 is 11.2 Å². The molecule has 0 amide bonds. The molecule has 3 aromatic heterocycles. The Hall–Kier alpha value is -2.65. The molecule has 1 aromatic carbocycles. The SMILES string of the molecule is Br.CCCCn1c(-c2ccccc2)c(CN2CCCCC2)n2c3c(=O)[nH]c(=O)n(C)c3nc12. The van der Waals surface area contributed by atoms with Gasteiger partial charge in [0, 0.05) is 25.7 Å². The maximum atomic E-state index is 13.0. The molecule has 1 aliphatic rings. The first kappa shape index (κ1) is 23.5. The number of benzene rings is 1. The minimum Gasteiger partial charge on any atom is -0.309 e. The molecule has 176 valence electrons. The van der Waals surface area contributed by atoms with Crippen LogP contribution in [0.2, 0.25) is 0 Å². The average Bonchev–Trinajstić information content (AvgIpc) is 3.33. The van der Waals surface area contributed by atoms with Crippen molar-refractivity contribution in [2.75, 3.05) is 13.1 Å². The molecule has 0 spiro atoms. The largest absolute Gasteiger partial charge is 0.329 e. The third-order valence-electron chi connectivity index (χ3n) is 6.56. The Morgan fingerprint density at radius 3 is 2.48 bits per heavy atom. The molecule has 33 heavy (non-hydrogen) atoms. The number of hydrogen-bond donors (Lipinski definition) is 1. The van der Waals surface area contributed by atoms with E-state index < -0.39 is 5.69 Å². The molecule has 4 heterocycles. The first-order chi connectivity index (χ1) is 15.6. The van der Waals surface area contributed by atoms with E-state index in [1.165, 1.54) is 23.8 Å². The highest BCUT2D eigenvalue weighted by Gasteiger charge is 2.26. The van der Waals surface area contributed by atoms with Crippen LogP contribution >= 0.6 is 17.0 Å². The van der Waals surface area contributed by atoms with Gasteiger partial charge in [-0.2, -0.15) is 4.98 Å². The van der Waals surface area contributed by atoms with E-state index >= 15 is 0 Å². The van der Waals surface area contributed by atoms with Crippen molar-refractivity contribution >= 4 is 33.9 Å². The van der Waals surface area contributed by atoms with E-state index in [-0.39, 0.29) is 22.5 Å². The standard InChI is InChI=1S/C24H30N6O2.BrH/c1-3-4-15-29-19(17-11-7-5-8-12-17)18(16-28-13-9-6-10-14-28)30-20-21(25-23(29)30)27(2)24(32)26-22(20)31;/h5,7-8,11-12H,3-4,6,9-10,13-16H2,1-2H3,(H,26,31,32);1H. The number of nitrogens with zero attached hydrogens (tertiary/aromatic N) is 5. The van der Waals surface area contributed by atoms with Crippen molar-refractivity contribution in [1.29, 1.82) is 0 Å². The third kappa shape index (κ3) is 4.08. The Balaban J connectivity index is 0.00000259. The van der Waals surface area contributed by atoms with Gasteiger partial charge in [-0.25, -0.2) is 4.79 Å². The van der Waals surface area contributed by atoms with E-state index in [0.29, 0.717) is 11.2 Å². The fraction of sp³-hybridized carbons (Fsp3) is 0.458. The molecular weight excluding hydrogens is 484 g/mol. The second-order valence-electron chi connectivity index (χ2n) is 8.74. The Kier molecular flexibility index (Phi) is 6.90. The summed E-state index contributed by atoms with van der Waals surface area (Å²) >= 11 is 0. The number of unbranched alkanes of at least 4 members (excludes halogenated alkanes) is 1. The molecular formula is C24H31BrN6O2. The molecule has 0 atom stereocenters. The second kappa shape index (κ2) is 9.69. The summed E-state index contributed by atoms with van der Waals surface area (Å²) in [5.41, 5.74) is 3.35. The van der Waals surface area contributed by atoms with Crippen LogP contribution in [0.3, 0.4) is 0 Å². The molecule has 1 saturated heterocycles. The van der Waals surface area contributed by atoms with Gasteiger partial charge in [-0.3, -0.25) is 23.6 Å². The minimum absolute atomic E-state index is 0. The van der Waals surface area contributed by atoms with Gasteiger partial charge < -0.3 is 4.57 Å². The van der Waals surface area contributed by atoms with Crippen molar-refractivity contribution < 1.29 is 0 Å². The number of hydrogen-bond acceptors (Lipinski definition) is 4. The summed E-state index contributed by atoms with van der Waals surface area (Å²) in [7, 11) is 1.66. The zero-order valence-electron chi connectivity index (χ0n) is 19.2. The van der Waals surface area contributed by atoms with Crippen molar-refractivity contribution in [3.8, 4) is 11.3 Å². The van der Waals surface area contributed by atoms with Gasteiger partial charge in [-0.15, -0.1) is 17.0 Å². The normalized spacial score (nSPS) is 14.7. The van der Waals surface area contributed by atoms with E-state index in [4.69, 9.17) is 4.98 Å². The topological polar surface area (TPSA) is 80.3 Å². The van der Waals surface area contributed by atoms with E-state index in [2.05, 4.69) is 45.6 Å². The molecule has 1 N–H and O–H groups in total. The molecule has 5 rings (SSSR count). The zero-order chi connectivity index (χ0) is 22.2. The van der Waals surface area contributed by atoms with E-state index in [1.54, 1.807) is 7.05 Å². The van der Waals surface area contributed by atoms with Crippen molar-refractivity contribution in [3.63, 3.8) is 0 Å². The molecule has 8 nitrogen and oxygen atoms in total. The number of H-pyrrole nitrogens is 1. The summed E-state index contributed by atoms with van der Waals surface area (Å²) in [4.78, 5) is 35.0. The van der Waals surface area contributed by atoms with Gasteiger partial charge in [-0.05, 0) is 32.4 Å². The number of rotatable bonds is 6. The number of halogens is 1. The second-order valence-corrected chi connectivity index (χ2v) is 8.74. The van der Waals surface area contributed by atoms with E-state index in [0.717, 1.165) is 61.7 Å². The van der Waals surface area contributed by atoms with Gasteiger partial charge >= 0.3 is 5.69 Å². The maximum Gasteiger partial charge on any atom is 0.329 e. The Morgan fingerprint density at radius 1 is 1.06 bits per heavy atom. The molecule has 0 saturated carbocycles. The number of likely N-dealkylation sites (tertiary alicyclic amines) is 1. The van der Waals surface area contributed by atoms with Crippen LogP contribution in [0.1, 0.15) is 44.7 Å². The zero-order valence-corrected chi connectivity index (χ0v) is 20.9. The first-order valence-electron chi connectivity index (χ1n) is 11.6. The monoisotopic (exact) mass is 514 g/mol. The summed E-state index contributed by atoms with van der Waals surface area (Å²) in [5.74, 6) is 0.728. The molecule has 4 aromatic rings. The molecule has 1 fully saturated rings. The fourth-order valence-electron chi connectivity index (χ4n) is 4.89. The molecule has 0 radical (unpaired) electrons. The number of nitrogens with one attached hydrogen (secondary N) is 1. The lowest BCUT2D eigenvalue weighted by atomic mass is 10.1. The van der Waals surface area contributed by atoms with Crippen LogP contribution in [0.15, 0.2) is 39.9 Å². The van der Waals surface area contributed by atoms with Gasteiger partial charge in [0.25, 0.3) is 5.56 Å². The Bertz CT molecular complexity index is 1380. The highest BCUT2D eigenvalue weighted by molar-refractivity contribution is 8.93. The third-order valence-corrected chi connectivity index (χ3v) is 6.56. The summed E-state index contributed by atoms with van der Waals surface area (Å²) in [6.45, 7) is 5.83. The van der Waals surface area contributed by atoms with Crippen molar-refractivity contribution in [2.24, 2.45) is 7.05 Å². The number of aryl methyl sites for hydroxylation is 2. The predicted octanol–water partition coefficient (Wildman–Crippen LogP) is 3.71. The Morgan fingerprint density at radius 2 is 1.79 bits per heavy atom. The van der Waals surface area contributed by atoms with Gasteiger partial charge in [0.2, 0.25) is 5.78 Å². The summed E-state index contributed by atoms with van der Waals surface area (Å²) in [6.07, 6.45) is 5.72. The van der Waals surface area contributed by atoms with Crippen LogP contribution in [-0.2, 0) is 20.1 Å². The average molecular weight is 515 g/mol. The number of aromatic nitrogens is 5. The van der Waals surface area contributed by atoms with Crippen LogP contribution in [-0.4, -0.2) is 41.5 Å². The number of fused-ring (bicyclic) bond motifs is 3. The van der Waals surface area contributed by atoms with Gasteiger partial charge in [0.1, 0.15) is 0 Å². The van der Waals surface area contributed by atoms with E-state index in [1.807, 2.05) is 10.5 Å². The van der Waals surface area contributed by atoms with Crippen molar-refractivity contribution in [2.45, 2.75) is 52.1 Å². The number of imidazole rings is 2. The molecule has 0 bridgehead atoms. The summed E-state index contributed by atoms with van der Waals surface area (Å²) < 4.78 is 5.67. The van der Waals surface area contributed by atoms with Crippen LogP contribution in [0.5, 0.6) is 0 Å². The lowest BCUT2D eigenvalue weighted by Crippen LogP contribution is -2.31. The number of aromatic amines is 1. The highest BCUT2D eigenvalue weighted by atomic mass is 79.9. The smallest absolute Gasteiger partial charge is 0.309 e. The maximum absolute atomic E-state index is 13.0. The van der Waals surface area contributed by atoms with Gasteiger partial charge in [0.05, 0.1) is 11.4 Å². The highest BCUT2D eigenvalue weighted by Crippen LogP contribution is 2.32. The van der Waals surface area contributed by atoms with E-state index in [9.17, 15) is 9.59 Å².